The maximum atomic E-state index is 13.6. The maximum Gasteiger partial charge on any atom is 0.264 e. The van der Waals surface area contributed by atoms with Crippen molar-refractivity contribution in [3.63, 3.8) is 0 Å². The van der Waals surface area contributed by atoms with Crippen molar-refractivity contribution in [2.75, 3.05) is 11.8 Å². The molecule has 0 saturated carbocycles. The molecule has 0 bridgehead atoms. The summed E-state index contributed by atoms with van der Waals surface area (Å²) in [6, 6.07) is 18.2. The highest BCUT2D eigenvalue weighted by atomic mass is 32.2. The van der Waals surface area contributed by atoms with Crippen LogP contribution in [0.1, 0.15) is 34.5 Å². The zero-order valence-electron chi connectivity index (χ0n) is 23.6. The molecule has 5 rings (SSSR count). The highest BCUT2D eigenvalue weighted by molar-refractivity contribution is 7.92. The van der Waals surface area contributed by atoms with E-state index in [1.165, 1.54) is 4.88 Å². The second-order valence-corrected chi connectivity index (χ2v) is 12.6. The molecule has 0 aliphatic heterocycles. The van der Waals surface area contributed by atoms with Crippen LogP contribution >= 0.6 is 11.3 Å². The zero-order chi connectivity index (χ0) is 29.7. The van der Waals surface area contributed by atoms with E-state index in [4.69, 9.17) is 4.52 Å². The third-order valence-corrected chi connectivity index (χ3v) is 9.33. The minimum atomic E-state index is -4.05. The van der Waals surface area contributed by atoms with Gasteiger partial charge in [-0.2, -0.15) is 0 Å². The van der Waals surface area contributed by atoms with Gasteiger partial charge in [0.2, 0.25) is 11.8 Å². The number of thiophene rings is 1. The van der Waals surface area contributed by atoms with E-state index in [1.54, 1.807) is 79.9 Å². The van der Waals surface area contributed by atoms with Gasteiger partial charge in [0.25, 0.3) is 10.0 Å². The van der Waals surface area contributed by atoms with Crippen LogP contribution < -0.4 is 4.72 Å². The van der Waals surface area contributed by atoms with Crippen molar-refractivity contribution < 1.29 is 17.7 Å². The molecule has 11 heteroatoms. The fourth-order valence-corrected chi connectivity index (χ4v) is 6.61. The molecule has 0 saturated heterocycles. The summed E-state index contributed by atoms with van der Waals surface area (Å²) in [4.78, 5) is 24.9. The summed E-state index contributed by atoms with van der Waals surface area (Å²) < 4.78 is 35.0. The van der Waals surface area contributed by atoms with Gasteiger partial charge >= 0.3 is 0 Å². The Hall–Kier alpha value is -4.35. The summed E-state index contributed by atoms with van der Waals surface area (Å²) in [5, 5.41) is 5.90. The first-order valence-electron chi connectivity index (χ1n) is 13.4. The lowest BCUT2D eigenvalue weighted by Gasteiger charge is -2.21. The van der Waals surface area contributed by atoms with Crippen molar-refractivity contribution in [2.45, 2.75) is 44.6 Å². The first-order chi connectivity index (χ1) is 20.2. The van der Waals surface area contributed by atoms with Gasteiger partial charge in [-0.15, -0.1) is 11.3 Å². The summed E-state index contributed by atoms with van der Waals surface area (Å²) in [6.07, 6.45) is 5.35. The third kappa shape index (κ3) is 6.58. The van der Waals surface area contributed by atoms with Gasteiger partial charge in [0.1, 0.15) is 0 Å². The van der Waals surface area contributed by atoms with Crippen LogP contribution in [0.25, 0.3) is 22.5 Å². The minimum Gasteiger partial charge on any atom is -0.341 e. The summed E-state index contributed by atoms with van der Waals surface area (Å²) >= 11 is 1.69. The lowest BCUT2D eigenvalue weighted by molar-refractivity contribution is -0.130. The van der Waals surface area contributed by atoms with Crippen molar-refractivity contribution in [1.29, 1.82) is 0 Å². The fourth-order valence-electron chi connectivity index (χ4n) is 4.59. The number of sulfonamides is 1. The van der Waals surface area contributed by atoms with E-state index in [1.807, 2.05) is 29.6 Å². The Morgan fingerprint density at radius 2 is 1.79 bits per heavy atom. The van der Waals surface area contributed by atoms with E-state index in [9.17, 15) is 13.2 Å². The van der Waals surface area contributed by atoms with Gasteiger partial charge in [-0.1, -0.05) is 41.6 Å². The zero-order valence-corrected chi connectivity index (χ0v) is 25.2. The maximum absolute atomic E-state index is 13.6. The second kappa shape index (κ2) is 12.7. The van der Waals surface area contributed by atoms with Crippen LogP contribution in [0.15, 0.2) is 87.9 Å². The largest absolute Gasteiger partial charge is 0.341 e. The molecular weight excluding hydrogens is 571 g/mol. The number of nitrogens with zero attached hydrogens (tertiary/aromatic N) is 4. The van der Waals surface area contributed by atoms with Crippen LogP contribution in [0.3, 0.4) is 0 Å². The van der Waals surface area contributed by atoms with Crippen molar-refractivity contribution in [3.05, 3.63) is 100 Å². The molecule has 1 N–H and O–H groups in total. The average molecular weight is 602 g/mol. The molecule has 0 aliphatic rings. The summed E-state index contributed by atoms with van der Waals surface area (Å²) in [6.45, 7) is 3.76. The van der Waals surface area contributed by atoms with Gasteiger partial charge in [0.05, 0.1) is 10.6 Å². The highest BCUT2D eigenvalue weighted by Gasteiger charge is 2.24. The Balaban J connectivity index is 1.48. The Bertz CT molecular complexity index is 1790. The number of nitrogens with one attached hydrogen (secondary N) is 1. The van der Waals surface area contributed by atoms with Gasteiger partial charge in [-0.05, 0) is 67.5 Å². The van der Waals surface area contributed by atoms with E-state index in [-0.39, 0.29) is 23.2 Å². The number of hydrogen-bond acceptors (Lipinski definition) is 8. The number of aryl methyl sites for hydroxylation is 2. The molecule has 216 valence electrons. The number of aromatic nitrogens is 3. The van der Waals surface area contributed by atoms with E-state index in [2.05, 4.69) is 25.9 Å². The Morgan fingerprint density at radius 3 is 2.50 bits per heavy atom. The van der Waals surface area contributed by atoms with Gasteiger partial charge < -0.3 is 9.42 Å². The molecular formula is C31H31N5O4S2. The Morgan fingerprint density at radius 1 is 1.00 bits per heavy atom. The third-order valence-electron chi connectivity index (χ3n) is 7.01. The van der Waals surface area contributed by atoms with Gasteiger partial charge in [-0.3, -0.25) is 4.79 Å². The predicted molar refractivity (Wildman–Crippen MR) is 163 cm³/mol. The van der Waals surface area contributed by atoms with Crippen molar-refractivity contribution in [3.8, 4) is 22.5 Å². The van der Waals surface area contributed by atoms with E-state index < -0.39 is 10.0 Å². The molecule has 2 aromatic carbocycles. The standard InChI is InChI=1S/C31H31N5O4S2/c1-21-22(2)34-40-31(21)35-42(38,39)28-12-5-4-11-27(28)26-15-14-23(30-32-16-8-17-33-30)19-24(26)20-36(3)29(37)13-6-9-25-10-7-18-41-25/h4-5,7-8,10-12,14-19,35H,6,9,13,20H2,1-3H3. The van der Waals surface area contributed by atoms with Crippen LogP contribution in [0.4, 0.5) is 5.88 Å². The van der Waals surface area contributed by atoms with Crippen molar-refractivity contribution in [1.82, 2.24) is 20.0 Å². The molecule has 5 aromatic rings. The first-order valence-corrected chi connectivity index (χ1v) is 15.8. The monoisotopic (exact) mass is 601 g/mol. The van der Waals surface area contributed by atoms with E-state index >= 15 is 0 Å². The molecule has 0 unspecified atom stereocenters. The second-order valence-electron chi connectivity index (χ2n) is 9.95. The minimum absolute atomic E-state index is 0.0117. The predicted octanol–water partition coefficient (Wildman–Crippen LogP) is 6.26. The number of hydrogen-bond donors (Lipinski definition) is 1. The Labute approximate surface area is 249 Å². The molecule has 0 atom stereocenters. The van der Waals surface area contributed by atoms with Crippen molar-refractivity contribution >= 4 is 33.2 Å². The Kier molecular flexibility index (Phi) is 8.79. The summed E-state index contributed by atoms with van der Waals surface area (Å²) in [7, 11) is -2.28. The summed E-state index contributed by atoms with van der Waals surface area (Å²) in [5.41, 5.74) is 3.92. The summed E-state index contributed by atoms with van der Waals surface area (Å²) in [5.74, 6) is 0.624. The molecule has 0 spiro atoms. The number of carbonyl (C=O) groups excluding carboxylic acids is 1. The number of anilines is 1. The topological polar surface area (TPSA) is 118 Å². The van der Waals surface area contributed by atoms with Crippen LogP contribution in [0, 0.1) is 13.8 Å². The molecule has 3 aromatic heterocycles. The molecule has 0 fully saturated rings. The number of benzene rings is 2. The van der Waals surface area contributed by atoms with Crippen molar-refractivity contribution in [2.24, 2.45) is 0 Å². The lowest BCUT2D eigenvalue weighted by Crippen LogP contribution is -2.26. The molecule has 3 heterocycles. The number of amides is 1. The van der Waals surface area contributed by atoms with Gasteiger partial charge in [0, 0.05) is 54.0 Å². The molecule has 0 radical (unpaired) electrons. The van der Waals surface area contributed by atoms with E-state index in [0.29, 0.717) is 34.6 Å². The quantitative estimate of drug-likeness (QED) is 0.190. The van der Waals surface area contributed by atoms with Crippen LogP contribution in [0.2, 0.25) is 0 Å². The van der Waals surface area contributed by atoms with E-state index in [0.717, 1.165) is 24.0 Å². The average Bonchev–Trinajstić information content (AvgIpc) is 3.63. The molecule has 1 amide bonds. The smallest absolute Gasteiger partial charge is 0.264 e. The number of carbonyl (C=O) groups is 1. The van der Waals surface area contributed by atoms with Crippen LogP contribution in [-0.4, -0.2) is 41.4 Å². The van der Waals surface area contributed by atoms with Gasteiger partial charge in [0.15, 0.2) is 5.82 Å². The van der Waals surface area contributed by atoms with Crippen LogP contribution in [0.5, 0.6) is 0 Å². The first kappa shape index (κ1) is 29.2. The highest BCUT2D eigenvalue weighted by Crippen LogP contribution is 2.34. The lowest BCUT2D eigenvalue weighted by atomic mass is 9.96. The van der Waals surface area contributed by atoms with Gasteiger partial charge in [-0.25, -0.2) is 23.1 Å². The SMILES string of the molecule is Cc1noc(NS(=O)(=O)c2ccccc2-c2ccc(-c3ncccn3)cc2CN(C)C(=O)CCCc2cccs2)c1C. The van der Waals surface area contributed by atoms with Crippen LogP contribution in [-0.2, 0) is 27.8 Å². The fraction of sp³-hybridized carbons (Fsp3) is 0.226. The molecule has 0 aliphatic carbocycles. The molecule has 9 nitrogen and oxygen atoms in total. The normalized spacial score (nSPS) is 11.4. The molecule has 42 heavy (non-hydrogen) atoms. The number of rotatable bonds is 11.